The lowest BCUT2D eigenvalue weighted by Gasteiger charge is -2.40. The van der Waals surface area contributed by atoms with Crippen LogP contribution in [0.5, 0.6) is 0 Å². The highest BCUT2D eigenvalue weighted by Gasteiger charge is 2.33. The summed E-state index contributed by atoms with van der Waals surface area (Å²) in [6.07, 6.45) is 4.50. The molecule has 0 fully saturated rings. The number of aromatic nitrogens is 1. The molecule has 1 aliphatic rings. The van der Waals surface area contributed by atoms with Gasteiger partial charge in [0.1, 0.15) is 0 Å². The predicted molar refractivity (Wildman–Crippen MR) is 91.2 cm³/mol. The summed E-state index contributed by atoms with van der Waals surface area (Å²) >= 11 is 0. The van der Waals surface area contributed by atoms with Crippen molar-refractivity contribution in [2.24, 2.45) is 0 Å². The number of carbonyl (C=O) groups excluding carboxylic acids is 1. The number of hydrogen-bond donors (Lipinski definition) is 0. The van der Waals surface area contributed by atoms with Crippen LogP contribution in [-0.2, 0) is 6.42 Å². The van der Waals surface area contributed by atoms with Crippen LogP contribution in [0.1, 0.15) is 36.6 Å². The second-order valence-corrected chi connectivity index (χ2v) is 5.78. The van der Waals surface area contributed by atoms with Crippen molar-refractivity contribution in [3.05, 3.63) is 65.5 Å². The second-order valence-electron chi connectivity index (χ2n) is 5.78. The van der Waals surface area contributed by atoms with Gasteiger partial charge in [-0.25, -0.2) is 4.79 Å². The average molecular weight is 309 g/mol. The van der Waals surface area contributed by atoms with Crippen molar-refractivity contribution in [2.45, 2.75) is 26.3 Å². The van der Waals surface area contributed by atoms with E-state index in [1.54, 1.807) is 12.4 Å². The number of nitrogens with zero attached hydrogens (tertiary/aromatic N) is 3. The fourth-order valence-corrected chi connectivity index (χ4v) is 3.35. The number of fused-ring (bicyclic) bond motifs is 1. The molecule has 1 aliphatic heterocycles. The Kier molecular flexibility index (Phi) is 4.60. The lowest BCUT2D eigenvalue weighted by Crippen LogP contribution is -2.47. The van der Waals surface area contributed by atoms with E-state index >= 15 is 0 Å². The van der Waals surface area contributed by atoms with Crippen LogP contribution in [0, 0.1) is 0 Å². The maximum absolute atomic E-state index is 13.0. The Morgan fingerprint density at radius 3 is 2.57 bits per heavy atom. The SMILES string of the molecule is CCN(CC)C(=O)N1CCc2ccccc2C1c1ccncc1. The summed E-state index contributed by atoms with van der Waals surface area (Å²) in [5.41, 5.74) is 3.68. The zero-order chi connectivity index (χ0) is 16.2. The molecule has 4 heteroatoms. The summed E-state index contributed by atoms with van der Waals surface area (Å²) in [5, 5.41) is 0. The zero-order valence-corrected chi connectivity index (χ0v) is 13.8. The first-order chi connectivity index (χ1) is 11.3. The van der Waals surface area contributed by atoms with Crippen molar-refractivity contribution < 1.29 is 4.79 Å². The van der Waals surface area contributed by atoms with E-state index in [-0.39, 0.29) is 12.1 Å². The number of amides is 2. The van der Waals surface area contributed by atoms with Gasteiger partial charge in [0.15, 0.2) is 0 Å². The first-order valence-electron chi connectivity index (χ1n) is 8.29. The van der Waals surface area contributed by atoms with Gasteiger partial charge >= 0.3 is 6.03 Å². The molecule has 23 heavy (non-hydrogen) atoms. The molecule has 0 bridgehead atoms. The standard InChI is InChI=1S/C19H23N3O/c1-3-21(4-2)19(23)22-14-11-15-7-5-6-8-17(15)18(22)16-9-12-20-13-10-16/h5-10,12-13,18H,3-4,11,14H2,1-2H3. The van der Waals surface area contributed by atoms with Gasteiger partial charge in [0.25, 0.3) is 0 Å². The highest BCUT2D eigenvalue weighted by atomic mass is 16.2. The van der Waals surface area contributed by atoms with Crippen molar-refractivity contribution in [3.63, 3.8) is 0 Å². The van der Waals surface area contributed by atoms with Crippen LogP contribution >= 0.6 is 0 Å². The molecule has 0 radical (unpaired) electrons. The molecule has 1 atom stereocenters. The second kappa shape index (κ2) is 6.82. The number of hydrogen-bond acceptors (Lipinski definition) is 2. The van der Waals surface area contributed by atoms with Crippen LogP contribution < -0.4 is 0 Å². The smallest absolute Gasteiger partial charge is 0.320 e. The van der Waals surface area contributed by atoms with E-state index in [4.69, 9.17) is 0 Å². The fourth-order valence-electron chi connectivity index (χ4n) is 3.35. The molecule has 1 unspecified atom stereocenters. The molecule has 0 spiro atoms. The first-order valence-corrected chi connectivity index (χ1v) is 8.29. The lowest BCUT2D eigenvalue weighted by molar-refractivity contribution is 0.141. The quantitative estimate of drug-likeness (QED) is 0.870. The number of pyridine rings is 1. The topological polar surface area (TPSA) is 36.4 Å². The lowest BCUT2D eigenvalue weighted by atomic mass is 9.89. The normalized spacial score (nSPS) is 16.8. The molecule has 2 amide bonds. The third-order valence-corrected chi connectivity index (χ3v) is 4.58. The number of urea groups is 1. The highest BCUT2D eigenvalue weighted by Crippen LogP contribution is 2.35. The minimum Gasteiger partial charge on any atom is -0.325 e. The Hall–Kier alpha value is -2.36. The maximum Gasteiger partial charge on any atom is 0.320 e. The minimum absolute atomic E-state index is 0.0314. The van der Waals surface area contributed by atoms with Crippen LogP contribution in [0.2, 0.25) is 0 Å². The third kappa shape index (κ3) is 2.93. The molecule has 4 nitrogen and oxygen atoms in total. The van der Waals surface area contributed by atoms with Crippen LogP contribution in [0.15, 0.2) is 48.8 Å². The van der Waals surface area contributed by atoms with Crippen LogP contribution in [-0.4, -0.2) is 40.4 Å². The highest BCUT2D eigenvalue weighted by molar-refractivity contribution is 5.76. The summed E-state index contributed by atoms with van der Waals surface area (Å²) in [4.78, 5) is 21.0. The molecule has 2 heterocycles. The van der Waals surface area contributed by atoms with Crippen molar-refractivity contribution in [1.82, 2.24) is 14.8 Å². The van der Waals surface area contributed by atoms with Gasteiger partial charge in [-0.1, -0.05) is 24.3 Å². The Morgan fingerprint density at radius 2 is 1.87 bits per heavy atom. The molecule has 2 aromatic rings. The van der Waals surface area contributed by atoms with Crippen LogP contribution in [0.4, 0.5) is 4.79 Å². The van der Waals surface area contributed by atoms with Crippen LogP contribution in [0.25, 0.3) is 0 Å². The van der Waals surface area contributed by atoms with E-state index in [9.17, 15) is 4.79 Å². The number of rotatable bonds is 3. The molecule has 120 valence electrons. The summed E-state index contributed by atoms with van der Waals surface area (Å²) in [6, 6.07) is 12.5. The Bertz CT molecular complexity index is 667. The van der Waals surface area contributed by atoms with Gasteiger partial charge < -0.3 is 9.80 Å². The van der Waals surface area contributed by atoms with Crippen LogP contribution in [0.3, 0.4) is 0 Å². The number of benzene rings is 1. The van der Waals surface area contributed by atoms with E-state index in [2.05, 4.69) is 29.2 Å². The van der Waals surface area contributed by atoms with Gasteiger partial charge in [-0.15, -0.1) is 0 Å². The molecule has 3 rings (SSSR count). The minimum atomic E-state index is -0.0314. The van der Waals surface area contributed by atoms with E-state index in [0.29, 0.717) is 0 Å². The van der Waals surface area contributed by atoms with Gasteiger partial charge in [0.2, 0.25) is 0 Å². The molecular formula is C19H23N3O. The number of carbonyl (C=O) groups is 1. The van der Waals surface area contributed by atoms with Gasteiger partial charge in [-0.3, -0.25) is 4.98 Å². The van der Waals surface area contributed by atoms with E-state index in [1.165, 1.54) is 11.1 Å². The van der Waals surface area contributed by atoms with Crippen molar-refractivity contribution in [2.75, 3.05) is 19.6 Å². The van der Waals surface area contributed by atoms with E-state index in [1.807, 2.05) is 35.8 Å². The molecule has 0 saturated heterocycles. The molecule has 0 N–H and O–H groups in total. The first kappa shape index (κ1) is 15.5. The molecule has 0 saturated carbocycles. The molecule has 0 aliphatic carbocycles. The predicted octanol–water partition coefficient (Wildman–Crippen LogP) is 3.49. The van der Waals surface area contributed by atoms with Gasteiger partial charge in [-0.05, 0) is 49.1 Å². The molecule has 1 aromatic heterocycles. The van der Waals surface area contributed by atoms with E-state index < -0.39 is 0 Å². The van der Waals surface area contributed by atoms with Crippen molar-refractivity contribution in [1.29, 1.82) is 0 Å². The summed E-state index contributed by atoms with van der Waals surface area (Å²) in [6.45, 7) is 6.27. The third-order valence-electron chi connectivity index (χ3n) is 4.58. The van der Waals surface area contributed by atoms with Crippen molar-refractivity contribution >= 4 is 6.03 Å². The Balaban J connectivity index is 2.04. The van der Waals surface area contributed by atoms with Crippen molar-refractivity contribution in [3.8, 4) is 0 Å². The average Bonchev–Trinajstić information content (AvgIpc) is 2.62. The summed E-state index contributed by atoms with van der Waals surface area (Å²) in [5.74, 6) is 0. The Morgan fingerprint density at radius 1 is 1.17 bits per heavy atom. The largest absolute Gasteiger partial charge is 0.325 e. The maximum atomic E-state index is 13.0. The summed E-state index contributed by atoms with van der Waals surface area (Å²) in [7, 11) is 0. The van der Waals surface area contributed by atoms with Gasteiger partial charge in [0, 0.05) is 32.0 Å². The molecular weight excluding hydrogens is 286 g/mol. The van der Waals surface area contributed by atoms with E-state index in [0.717, 1.165) is 31.6 Å². The Labute approximate surface area is 137 Å². The summed E-state index contributed by atoms with van der Waals surface area (Å²) < 4.78 is 0. The zero-order valence-electron chi connectivity index (χ0n) is 13.8. The molecule has 1 aromatic carbocycles. The monoisotopic (exact) mass is 309 g/mol. The fraction of sp³-hybridized carbons (Fsp3) is 0.368. The van der Waals surface area contributed by atoms with Gasteiger partial charge in [0.05, 0.1) is 6.04 Å². The van der Waals surface area contributed by atoms with Gasteiger partial charge in [-0.2, -0.15) is 0 Å².